The molecule has 0 saturated heterocycles. The Labute approximate surface area is 148 Å². The minimum Gasteiger partial charge on any atom is -0.293 e. The number of carbonyl (C=O) groups is 1. The predicted molar refractivity (Wildman–Crippen MR) is 102 cm³/mol. The zero-order valence-corrected chi connectivity index (χ0v) is 15.7. The summed E-state index contributed by atoms with van der Waals surface area (Å²) in [6, 6.07) is 0. The van der Waals surface area contributed by atoms with Crippen LogP contribution in [0.15, 0.2) is 23.8 Å². The molecule has 0 aromatic carbocycles. The normalized spacial score (nSPS) is 18.5. The van der Waals surface area contributed by atoms with Crippen molar-refractivity contribution in [1.82, 2.24) is 0 Å². The standard InChI is InChI=1S/C22H35O2/c1-3-5-6-7-8-9-10-11-12-13-15-19(4-2)21-17-14-16-20(18-23)22(21)24/h14,16-17,19,21H,3-13,15H2,1-2H3. The van der Waals surface area contributed by atoms with E-state index in [1.165, 1.54) is 64.2 Å². The molecule has 24 heavy (non-hydrogen) atoms. The molecule has 2 atom stereocenters. The molecule has 0 aromatic heterocycles. The number of hydrogen-bond donors (Lipinski definition) is 0. The Hall–Kier alpha value is -1.18. The van der Waals surface area contributed by atoms with Crippen molar-refractivity contribution in [1.29, 1.82) is 0 Å². The van der Waals surface area contributed by atoms with Gasteiger partial charge in [0.2, 0.25) is 6.29 Å². The number of rotatable bonds is 14. The van der Waals surface area contributed by atoms with Gasteiger partial charge in [-0.1, -0.05) is 96.6 Å². The van der Waals surface area contributed by atoms with Crippen LogP contribution in [0, 0.1) is 11.8 Å². The Bertz CT molecular complexity index is 420. The zero-order valence-electron chi connectivity index (χ0n) is 15.7. The highest BCUT2D eigenvalue weighted by Crippen LogP contribution is 2.28. The van der Waals surface area contributed by atoms with E-state index in [-0.39, 0.29) is 17.3 Å². The molecular weight excluding hydrogens is 296 g/mol. The van der Waals surface area contributed by atoms with Gasteiger partial charge in [0.1, 0.15) is 0 Å². The first-order valence-corrected chi connectivity index (χ1v) is 10.0. The Kier molecular flexibility index (Phi) is 11.4. The van der Waals surface area contributed by atoms with E-state index in [9.17, 15) is 9.59 Å². The van der Waals surface area contributed by atoms with Crippen LogP contribution in [0.3, 0.4) is 0 Å². The van der Waals surface area contributed by atoms with Crippen molar-refractivity contribution in [2.24, 2.45) is 11.8 Å². The van der Waals surface area contributed by atoms with Crippen molar-refractivity contribution in [3.8, 4) is 0 Å². The lowest BCUT2D eigenvalue weighted by Gasteiger charge is -2.24. The molecule has 0 saturated carbocycles. The number of ketones is 1. The van der Waals surface area contributed by atoms with Crippen LogP contribution in [0.1, 0.15) is 90.9 Å². The van der Waals surface area contributed by atoms with Gasteiger partial charge in [-0.2, -0.15) is 0 Å². The highest BCUT2D eigenvalue weighted by molar-refractivity contribution is 6.14. The molecule has 0 heterocycles. The second-order valence-electron chi connectivity index (χ2n) is 7.10. The molecule has 0 spiro atoms. The molecule has 0 bridgehead atoms. The molecule has 2 unspecified atom stereocenters. The molecule has 0 N–H and O–H groups in total. The van der Waals surface area contributed by atoms with Gasteiger partial charge in [-0.3, -0.25) is 9.59 Å². The molecule has 2 heteroatoms. The minimum atomic E-state index is -0.116. The Morgan fingerprint density at radius 2 is 1.54 bits per heavy atom. The fraction of sp³-hybridized carbons (Fsp3) is 0.727. The summed E-state index contributed by atoms with van der Waals surface area (Å²) in [5.41, 5.74) is 0.212. The van der Waals surface area contributed by atoms with Gasteiger partial charge in [-0.05, 0) is 18.4 Å². The van der Waals surface area contributed by atoms with Gasteiger partial charge in [0.05, 0.1) is 5.57 Å². The van der Waals surface area contributed by atoms with Gasteiger partial charge in [0.25, 0.3) is 0 Å². The van der Waals surface area contributed by atoms with E-state index in [0.29, 0.717) is 5.92 Å². The van der Waals surface area contributed by atoms with E-state index in [4.69, 9.17) is 0 Å². The average Bonchev–Trinajstić information content (AvgIpc) is 2.60. The molecule has 1 aliphatic carbocycles. The summed E-state index contributed by atoms with van der Waals surface area (Å²) < 4.78 is 0. The molecule has 1 rings (SSSR count). The second-order valence-corrected chi connectivity index (χ2v) is 7.10. The lowest BCUT2D eigenvalue weighted by Crippen LogP contribution is -2.25. The van der Waals surface area contributed by atoms with Gasteiger partial charge in [0.15, 0.2) is 5.78 Å². The van der Waals surface area contributed by atoms with Crippen LogP contribution in [0.25, 0.3) is 0 Å². The largest absolute Gasteiger partial charge is 0.293 e. The van der Waals surface area contributed by atoms with Crippen LogP contribution in [0.2, 0.25) is 0 Å². The smallest absolute Gasteiger partial charge is 0.237 e. The Morgan fingerprint density at radius 1 is 0.958 bits per heavy atom. The fourth-order valence-electron chi connectivity index (χ4n) is 3.61. The summed E-state index contributed by atoms with van der Waals surface area (Å²) in [7, 11) is 0. The maximum Gasteiger partial charge on any atom is 0.237 e. The third-order valence-corrected chi connectivity index (χ3v) is 5.22. The SMILES string of the molecule is CCCCCCCCCCCCC(CC)C1C=CC=C([C]=O)C1=O. The molecule has 0 fully saturated rings. The quantitative estimate of drug-likeness (QED) is 0.284. The molecule has 0 aliphatic heterocycles. The van der Waals surface area contributed by atoms with E-state index < -0.39 is 0 Å². The highest BCUT2D eigenvalue weighted by Gasteiger charge is 2.28. The molecule has 0 amide bonds. The number of unbranched alkanes of at least 4 members (excludes halogenated alkanes) is 9. The van der Waals surface area contributed by atoms with Gasteiger partial charge in [-0.25, -0.2) is 0 Å². The number of Topliss-reactive ketones (excluding diaryl/α,β-unsaturated/α-hetero) is 1. The number of carbonyl (C=O) groups excluding carboxylic acids is 2. The Balaban J connectivity index is 2.14. The average molecular weight is 332 g/mol. The summed E-state index contributed by atoms with van der Waals surface area (Å²) in [6.45, 7) is 4.40. The summed E-state index contributed by atoms with van der Waals surface area (Å²) in [4.78, 5) is 23.1. The predicted octanol–water partition coefficient (Wildman–Crippen LogP) is 6.11. The van der Waals surface area contributed by atoms with E-state index in [1.807, 2.05) is 12.2 Å². The van der Waals surface area contributed by atoms with Crippen LogP contribution in [0.5, 0.6) is 0 Å². The number of allylic oxidation sites excluding steroid dienone is 4. The van der Waals surface area contributed by atoms with Crippen molar-refractivity contribution in [3.05, 3.63) is 23.8 Å². The first kappa shape index (κ1) is 20.9. The van der Waals surface area contributed by atoms with E-state index >= 15 is 0 Å². The van der Waals surface area contributed by atoms with Gasteiger partial charge in [-0.15, -0.1) is 0 Å². The summed E-state index contributed by atoms with van der Waals surface area (Å²) in [5.74, 6) is 0.210. The lowest BCUT2D eigenvalue weighted by atomic mass is 9.79. The molecule has 0 aromatic rings. The van der Waals surface area contributed by atoms with E-state index in [2.05, 4.69) is 13.8 Å². The van der Waals surface area contributed by atoms with Crippen LogP contribution >= 0.6 is 0 Å². The van der Waals surface area contributed by atoms with Crippen molar-refractivity contribution >= 4 is 12.1 Å². The molecule has 2 nitrogen and oxygen atoms in total. The third kappa shape index (κ3) is 7.59. The third-order valence-electron chi connectivity index (χ3n) is 5.22. The van der Waals surface area contributed by atoms with Crippen molar-refractivity contribution in [2.75, 3.05) is 0 Å². The molecule has 1 aliphatic rings. The summed E-state index contributed by atoms with van der Waals surface area (Å²) in [6.07, 6.45) is 22.6. The minimum absolute atomic E-state index is 0.0357. The molecule has 135 valence electrons. The fourth-order valence-corrected chi connectivity index (χ4v) is 3.61. The van der Waals surface area contributed by atoms with Crippen molar-refractivity contribution in [2.45, 2.75) is 90.9 Å². The van der Waals surface area contributed by atoms with Crippen molar-refractivity contribution in [3.63, 3.8) is 0 Å². The van der Waals surface area contributed by atoms with Gasteiger partial charge >= 0.3 is 0 Å². The monoisotopic (exact) mass is 331 g/mol. The van der Waals surface area contributed by atoms with Crippen LogP contribution in [-0.2, 0) is 9.59 Å². The highest BCUT2D eigenvalue weighted by atomic mass is 16.1. The Morgan fingerprint density at radius 3 is 2.08 bits per heavy atom. The van der Waals surface area contributed by atoms with Gasteiger partial charge in [0, 0.05) is 5.92 Å². The molecular formula is C22H35O2. The van der Waals surface area contributed by atoms with Crippen molar-refractivity contribution < 1.29 is 9.59 Å². The summed E-state index contributed by atoms with van der Waals surface area (Å²) >= 11 is 0. The summed E-state index contributed by atoms with van der Waals surface area (Å²) in [5, 5.41) is 0. The maximum absolute atomic E-state index is 12.3. The lowest BCUT2D eigenvalue weighted by molar-refractivity contribution is -0.119. The topological polar surface area (TPSA) is 34.1 Å². The first-order chi connectivity index (χ1) is 11.7. The van der Waals surface area contributed by atoms with E-state index in [1.54, 1.807) is 12.4 Å². The number of hydrogen-bond acceptors (Lipinski definition) is 2. The van der Waals surface area contributed by atoms with Gasteiger partial charge < -0.3 is 0 Å². The zero-order chi connectivity index (χ0) is 17.6. The second kappa shape index (κ2) is 13.1. The van der Waals surface area contributed by atoms with E-state index in [0.717, 1.165) is 12.8 Å². The van der Waals surface area contributed by atoms with Crippen LogP contribution < -0.4 is 0 Å². The maximum atomic E-state index is 12.3. The van der Waals surface area contributed by atoms with Crippen LogP contribution in [0.4, 0.5) is 0 Å². The molecule has 1 radical (unpaired) electrons. The van der Waals surface area contributed by atoms with Crippen LogP contribution in [-0.4, -0.2) is 12.1 Å². The first-order valence-electron chi connectivity index (χ1n) is 10.0.